The fourth-order valence-corrected chi connectivity index (χ4v) is 0.967. The zero-order valence-corrected chi connectivity index (χ0v) is 7.91. The Labute approximate surface area is 84.5 Å². The van der Waals surface area contributed by atoms with E-state index in [4.69, 9.17) is 5.11 Å². The Bertz CT molecular complexity index is 368. The highest BCUT2D eigenvalue weighted by Gasteiger charge is 2.14. The molecule has 1 aromatic heterocycles. The highest BCUT2D eigenvalue weighted by Crippen LogP contribution is 2.16. The van der Waals surface area contributed by atoms with Crippen LogP contribution in [0.25, 0.3) is 0 Å². The maximum atomic E-state index is 11.8. The molecule has 0 aliphatic rings. The summed E-state index contributed by atoms with van der Waals surface area (Å²) in [7, 11) is 0. The van der Waals surface area contributed by atoms with Gasteiger partial charge in [0, 0.05) is 6.20 Å². The Morgan fingerprint density at radius 2 is 2.33 bits per heavy atom. The minimum Gasteiger partial charge on any atom is -0.477 e. The Kier molecular flexibility index (Phi) is 3.54. The van der Waals surface area contributed by atoms with Crippen LogP contribution in [-0.2, 0) is 0 Å². The van der Waals surface area contributed by atoms with Gasteiger partial charge in [-0.05, 0) is 18.6 Å². The first-order chi connectivity index (χ1) is 7.00. The van der Waals surface area contributed by atoms with Crippen LogP contribution in [0, 0.1) is 6.92 Å². The molecule has 1 heterocycles. The fraction of sp³-hybridized carbons (Fsp3) is 0.333. The Balaban J connectivity index is 2.91. The summed E-state index contributed by atoms with van der Waals surface area (Å²) in [5, 5.41) is 8.75. The predicted molar refractivity (Wildman–Crippen MR) is 47.4 cm³/mol. The zero-order chi connectivity index (χ0) is 11.4. The first-order valence-electron chi connectivity index (χ1n) is 4.11. The van der Waals surface area contributed by atoms with Crippen molar-refractivity contribution in [1.82, 2.24) is 4.98 Å². The van der Waals surface area contributed by atoms with Crippen LogP contribution in [0.1, 0.15) is 15.9 Å². The van der Waals surface area contributed by atoms with Gasteiger partial charge in [-0.3, -0.25) is 0 Å². The van der Waals surface area contributed by atoms with E-state index in [2.05, 4.69) is 9.72 Å². The number of carbonyl (C=O) groups is 1. The third-order valence-corrected chi connectivity index (χ3v) is 1.56. The molecular formula is C9H9F2NO3. The number of aryl methyl sites for hydroxylation is 1. The van der Waals surface area contributed by atoms with Gasteiger partial charge in [0.15, 0.2) is 6.61 Å². The van der Waals surface area contributed by atoms with Gasteiger partial charge in [0.25, 0.3) is 6.43 Å². The molecule has 0 aromatic carbocycles. The summed E-state index contributed by atoms with van der Waals surface area (Å²) < 4.78 is 28.2. The van der Waals surface area contributed by atoms with E-state index >= 15 is 0 Å². The number of carboxylic acid groups (broad SMARTS) is 1. The van der Waals surface area contributed by atoms with Crippen LogP contribution in [0.4, 0.5) is 8.78 Å². The van der Waals surface area contributed by atoms with Crippen molar-refractivity contribution in [3.63, 3.8) is 0 Å². The largest absolute Gasteiger partial charge is 0.477 e. The van der Waals surface area contributed by atoms with E-state index in [1.807, 2.05) is 0 Å². The van der Waals surface area contributed by atoms with E-state index in [1.165, 1.54) is 12.3 Å². The molecule has 0 unspecified atom stereocenters. The second-order valence-electron chi connectivity index (χ2n) is 2.87. The quantitative estimate of drug-likeness (QED) is 0.834. The van der Waals surface area contributed by atoms with Gasteiger partial charge in [0.05, 0.1) is 0 Å². The third kappa shape index (κ3) is 3.16. The van der Waals surface area contributed by atoms with Crippen molar-refractivity contribution in [1.29, 1.82) is 0 Å². The topological polar surface area (TPSA) is 59.4 Å². The van der Waals surface area contributed by atoms with Crippen LogP contribution in [-0.4, -0.2) is 29.1 Å². The van der Waals surface area contributed by atoms with Crippen LogP contribution in [0.5, 0.6) is 5.88 Å². The summed E-state index contributed by atoms with van der Waals surface area (Å²) in [5.74, 6) is -1.54. The number of nitrogens with zero attached hydrogens (tertiary/aromatic N) is 1. The first kappa shape index (κ1) is 11.4. The van der Waals surface area contributed by atoms with E-state index in [0.717, 1.165) is 0 Å². The zero-order valence-electron chi connectivity index (χ0n) is 7.91. The number of rotatable bonds is 4. The van der Waals surface area contributed by atoms with Crippen LogP contribution < -0.4 is 4.74 Å². The molecule has 4 nitrogen and oxygen atoms in total. The monoisotopic (exact) mass is 217 g/mol. The highest BCUT2D eigenvalue weighted by atomic mass is 19.3. The summed E-state index contributed by atoms with van der Waals surface area (Å²) in [6.45, 7) is 0.784. The molecule has 0 radical (unpaired) electrons. The normalized spacial score (nSPS) is 10.4. The van der Waals surface area contributed by atoms with Crippen LogP contribution in [0.15, 0.2) is 12.3 Å². The van der Waals surface area contributed by atoms with Gasteiger partial charge in [-0.15, -0.1) is 0 Å². The highest BCUT2D eigenvalue weighted by molar-refractivity contribution is 5.90. The van der Waals surface area contributed by atoms with Gasteiger partial charge >= 0.3 is 5.97 Å². The molecule has 1 aromatic rings. The number of aromatic carboxylic acids is 1. The molecule has 15 heavy (non-hydrogen) atoms. The molecule has 1 rings (SSSR count). The van der Waals surface area contributed by atoms with E-state index in [0.29, 0.717) is 5.56 Å². The Morgan fingerprint density at radius 1 is 1.67 bits per heavy atom. The smallest absolute Gasteiger partial charge is 0.341 e. The summed E-state index contributed by atoms with van der Waals surface area (Å²) in [6, 6.07) is 1.32. The van der Waals surface area contributed by atoms with Gasteiger partial charge in [0.2, 0.25) is 5.88 Å². The molecule has 0 spiro atoms. The standard InChI is InChI=1S/C9H9F2NO3/c1-5-2-6(9(13)14)8(12-3-5)15-4-7(10)11/h2-3,7H,4H2,1H3,(H,13,14). The SMILES string of the molecule is Cc1cnc(OCC(F)F)c(C(=O)O)c1. The van der Waals surface area contributed by atoms with E-state index < -0.39 is 19.0 Å². The predicted octanol–water partition coefficient (Wildman–Crippen LogP) is 1.73. The maximum absolute atomic E-state index is 11.8. The summed E-state index contributed by atoms with van der Waals surface area (Å²) in [5.41, 5.74) is 0.410. The Morgan fingerprint density at radius 3 is 2.87 bits per heavy atom. The van der Waals surface area contributed by atoms with Crippen LogP contribution in [0.2, 0.25) is 0 Å². The molecular weight excluding hydrogens is 208 g/mol. The lowest BCUT2D eigenvalue weighted by atomic mass is 10.2. The molecule has 6 heteroatoms. The number of ether oxygens (including phenoxy) is 1. The molecule has 0 aliphatic carbocycles. The molecule has 0 aliphatic heterocycles. The van der Waals surface area contributed by atoms with Crippen LogP contribution in [0.3, 0.4) is 0 Å². The number of hydrogen-bond donors (Lipinski definition) is 1. The summed E-state index contributed by atoms with van der Waals surface area (Å²) >= 11 is 0. The van der Waals surface area contributed by atoms with E-state index in [-0.39, 0.29) is 11.4 Å². The Hall–Kier alpha value is -1.72. The molecule has 0 atom stereocenters. The average molecular weight is 217 g/mol. The van der Waals surface area contributed by atoms with Crippen molar-refractivity contribution in [2.75, 3.05) is 6.61 Å². The lowest BCUT2D eigenvalue weighted by molar-refractivity contribution is 0.0656. The average Bonchev–Trinajstić information content (AvgIpc) is 2.15. The van der Waals surface area contributed by atoms with Gasteiger partial charge < -0.3 is 9.84 Å². The first-order valence-corrected chi connectivity index (χ1v) is 4.11. The molecule has 0 amide bonds. The summed E-state index contributed by atoms with van der Waals surface area (Å²) in [6.07, 6.45) is -1.30. The lowest BCUT2D eigenvalue weighted by Crippen LogP contribution is -2.11. The van der Waals surface area contributed by atoms with Crippen LogP contribution >= 0.6 is 0 Å². The second kappa shape index (κ2) is 4.68. The minimum absolute atomic E-state index is 0.212. The number of aromatic nitrogens is 1. The van der Waals surface area contributed by atoms with Crippen molar-refractivity contribution in [3.8, 4) is 5.88 Å². The van der Waals surface area contributed by atoms with Gasteiger partial charge in [-0.1, -0.05) is 0 Å². The number of carboxylic acids is 1. The molecule has 0 bridgehead atoms. The molecule has 1 N–H and O–H groups in total. The van der Waals surface area contributed by atoms with Crippen molar-refractivity contribution in [2.24, 2.45) is 0 Å². The molecule has 0 saturated carbocycles. The molecule has 82 valence electrons. The number of halogens is 2. The number of pyridine rings is 1. The van der Waals surface area contributed by atoms with Crippen molar-refractivity contribution >= 4 is 5.97 Å². The van der Waals surface area contributed by atoms with Gasteiger partial charge in [-0.2, -0.15) is 0 Å². The van der Waals surface area contributed by atoms with Gasteiger partial charge in [-0.25, -0.2) is 18.6 Å². The van der Waals surface area contributed by atoms with Crippen molar-refractivity contribution in [2.45, 2.75) is 13.3 Å². The third-order valence-electron chi connectivity index (χ3n) is 1.56. The summed E-state index contributed by atoms with van der Waals surface area (Å²) in [4.78, 5) is 14.3. The lowest BCUT2D eigenvalue weighted by Gasteiger charge is -2.07. The second-order valence-corrected chi connectivity index (χ2v) is 2.87. The number of alkyl halides is 2. The minimum atomic E-state index is -2.66. The van der Waals surface area contributed by atoms with E-state index in [1.54, 1.807) is 6.92 Å². The van der Waals surface area contributed by atoms with Crippen molar-refractivity contribution in [3.05, 3.63) is 23.4 Å². The van der Waals surface area contributed by atoms with E-state index in [9.17, 15) is 13.6 Å². The molecule has 0 fully saturated rings. The maximum Gasteiger partial charge on any atom is 0.341 e. The van der Waals surface area contributed by atoms with Crippen molar-refractivity contribution < 1.29 is 23.4 Å². The number of hydrogen-bond acceptors (Lipinski definition) is 3. The van der Waals surface area contributed by atoms with Gasteiger partial charge in [0.1, 0.15) is 5.56 Å². The fourth-order valence-electron chi connectivity index (χ4n) is 0.967. The molecule has 0 saturated heterocycles.